The summed E-state index contributed by atoms with van der Waals surface area (Å²) in [4.78, 5) is 13.8. The number of benzene rings is 1. The van der Waals surface area contributed by atoms with Crippen LogP contribution in [0, 0.1) is 0 Å². The first-order valence-corrected chi connectivity index (χ1v) is 7.09. The fraction of sp³-hybridized carbons (Fsp3) is 0.462. The van der Waals surface area contributed by atoms with Crippen LogP contribution in [0.3, 0.4) is 0 Å². The molecule has 1 aliphatic heterocycles. The first kappa shape index (κ1) is 14.2. The third kappa shape index (κ3) is 3.23. The van der Waals surface area contributed by atoms with E-state index in [0.717, 1.165) is 17.9 Å². The van der Waals surface area contributed by atoms with Crippen molar-refractivity contribution in [1.29, 1.82) is 0 Å². The Morgan fingerprint density at radius 3 is 2.74 bits per heavy atom. The number of hydrogen-bond acceptors (Lipinski definition) is 2. The van der Waals surface area contributed by atoms with E-state index < -0.39 is 17.7 Å². The maximum atomic E-state index is 12.6. The minimum atomic E-state index is -4.37. The molecular weight excluding hydrogens is 275 g/mol. The summed E-state index contributed by atoms with van der Waals surface area (Å²) in [6.45, 7) is 2.33. The van der Waals surface area contributed by atoms with Crippen molar-refractivity contribution in [3.8, 4) is 0 Å². The highest BCUT2D eigenvalue weighted by Crippen LogP contribution is 2.31. The summed E-state index contributed by atoms with van der Waals surface area (Å²) in [5.41, 5.74) is -0.294. The molecule has 0 saturated carbocycles. The Morgan fingerprint density at radius 2 is 2.16 bits per heavy atom. The molecule has 0 spiro atoms. The molecule has 1 aliphatic rings. The number of carbonyl (C=O) groups excluding carboxylic acids is 1. The lowest BCUT2D eigenvalue weighted by atomic mass is 9.97. The van der Waals surface area contributed by atoms with Crippen LogP contribution < -0.4 is 0 Å². The number of rotatable bonds is 2. The zero-order chi connectivity index (χ0) is 14.0. The first-order chi connectivity index (χ1) is 8.89. The van der Waals surface area contributed by atoms with Gasteiger partial charge in [-0.25, -0.2) is 0 Å². The molecule has 1 amide bonds. The number of hydrogen-bond donors (Lipinski definition) is 0. The van der Waals surface area contributed by atoms with Gasteiger partial charge in [0.2, 0.25) is 5.91 Å². The van der Waals surface area contributed by atoms with Crippen molar-refractivity contribution in [1.82, 2.24) is 4.90 Å². The molecule has 0 N–H and O–H groups in total. The third-order valence-electron chi connectivity index (χ3n) is 3.15. The van der Waals surface area contributed by atoms with Crippen molar-refractivity contribution >= 4 is 17.7 Å². The fourth-order valence-corrected chi connectivity index (χ4v) is 2.94. The summed E-state index contributed by atoms with van der Waals surface area (Å²) < 4.78 is 37.9. The van der Waals surface area contributed by atoms with Crippen molar-refractivity contribution in [3.63, 3.8) is 0 Å². The van der Waals surface area contributed by atoms with Crippen molar-refractivity contribution < 1.29 is 18.0 Å². The lowest BCUT2D eigenvalue weighted by molar-refractivity contribution is -0.138. The molecule has 104 valence electrons. The van der Waals surface area contributed by atoms with Gasteiger partial charge in [-0.05, 0) is 18.6 Å². The molecule has 1 aromatic rings. The molecule has 0 aromatic heterocycles. The quantitative estimate of drug-likeness (QED) is 0.832. The molecule has 2 rings (SSSR count). The molecule has 0 bridgehead atoms. The van der Waals surface area contributed by atoms with E-state index in [-0.39, 0.29) is 5.91 Å². The second-order valence-corrected chi connectivity index (χ2v) is 5.56. The van der Waals surface area contributed by atoms with Crippen molar-refractivity contribution in [2.75, 3.05) is 18.2 Å². The molecule has 2 nitrogen and oxygen atoms in total. The number of carbonyl (C=O) groups is 1. The van der Waals surface area contributed by atoms with Crippen molar-refractivity contribution in [3.05, 3.63) is 35.4 Å². The minimum absolute atomic E-state index is 0.107. The average molecular weight is 289 g/mol. The largest absolute Gasteiger partial charge is 0.416 e. The second kappa shape index (κ2) is 5.45. The number of amides is 1. The van der Waals surface area contributed by atoms with Gasteiger partial charge in [0, 0.05) is 12.3 Å². The molecule has 0 radical (unpaired) electrons. The van der Waals surface area contributed by atoms with Gasteiger partial charge in [-0.15, -0.1) is 11.8 Å². The minimum Gasteiger partial charge on any atom is -0.332 e. The van der Waals surface area contributed by atoms with Crippen LogP contribution in [-0.4, -0.2) is 29.0 Å². The third-order valence-corrected chi connectivity index (χ3v) is 4.11. The Kier molecular flexibility index (Phi) is 4.08. The van der Waals surface area contributed by atoms with E-state index in [9.17, 15) is 18.0 Å². The molecule has 1 saturated heterocycles. The number of halogens is 3. The van der Waals surface area contributed by atoms with Crippen LogP contribution in [0.15, 0.2) is 24.3 Å². The van der Waals surface area contributed by atoms with Gasteiger partial charge >= 0.3 is 6.18 Å². The summed E-state index contributed by atoms with van der Waals surface area (Å²) >= 11 is 1.66. The van der Waals surface area contributed by atoms with E-state index in [0.29, 0.717) is 18.0 Å². The normalized spacial score (nSPS) is 17.6. The molecular formula is C13H14F3NOS. The predicted molar refractivity (Wildman–Crippen MR) is 68.9 cm³/mol. The van der Waals surface area contributed by atoms with Crippen LogP contribution in [-0.2, 0) is 11.0 Å². The van der Waals surface area contributed by atoms with Crippen LogP contribution in [0.5, 0.6) is 0 Å². The van der Waals surface area contributed by atoms with Crippen molar-refractivity contribution in [2.45, 2.75) is 19.0 Å². The van der Waals surface area contributed by atoms with Gasteiger partial charge in [0.25, 0.3) is 0 Å². The maximum Gasteiger partial charge on any atom is 0.416 e. The standard InChI is InChI=1S/C13H14F3NOS/c1-9(12(18)17-5-6-19-8-17)10-3-2-4-11(7-10)13(14,15)16/h2-4,7,9H,5-6,8H2,1H3. The summed E-state index contributed by atoms with van der Waals surface area (Å²) in [5.74, 6) is 0.869. The van der Waals surface area contributed by atoms with Crippen LogP contribution in [0.4, 0.5) is 13.2 Å². The van der Waals surface area contributed by atoms with E-state index in [1.165, 1.54) is 6.07 Å². The zero-order valence-electron chi connectivity index (χ0n) is 10.4. The highest BCUT2D eigenvalue weighted by atomic mass is 32.2. The van der Waals surface area contributed by atoms with E-state index in [2.05, 4.69) is 0 Å². The Hall–Kier alpha value is -1.17. The Morgan fingerprint density at radius 1 is 1.42 bits per heavy atom. The van der Waals surface area contributed by atoms with Gasteiger partial charge in [-0.1, -0.05) is 18.2 Å². The molecule has 1 unspecified atom stereocenters. The molecule has 6 heteroatoms. The molecule has 1 fully saturated rings. The topological polar surface area (TPSA) is 20.3 Å². The number of alkyl halides is 3. The number of nitrogens with zero attached hydrogens (tertiary/aromatic N) is 1. The van der Waals surface area contributed by atoms with Gasteiger partial charge in [0.1, 0.15) is 0 Å². The van der Waals surface area contributed by atoms with Crippen LogP contribution >= 0.6 is 11.8 Å². The van der Waals surface area contributed by atoms with E-state index >= 15 is 0 Å². The molecule has 19 heavy (non-hydrogen) atoms. The highest BCUT2D eigenvalue weighted by Gasteiger charge is 2.32. The lowest BCUT2D eigenvalue weighted by Crippen LogP contribution is -2.31. The van der Waals surface area contributed by atoms with Crippen LogP contribution in [0.1, 0.15) is 24.0 Å². The van der Waals surface area contributed by atoms with Gasteiger partial charge < -0.3 is 4.90 Å². The Bertz CT molecular complexity index is 469. The highest BCUT2D eigenvalue weighted by molar-refractivity contribution is 7.99. The van der Waals surface area contributed by atoms with Crippen molar-refractivity contribution in [2.24, 2.45) is 0 Å². The second-order valence-electron chi connectivity index (χ2n) is 4.48. The molecule has 0 aliphatic carbocycles. The van der Waals surface area contributed by atoms with Gasteiger partial charge in [0.15, 0.2) is 0 Å². The lowest BCUT2D eigenvalue weighted by Gasteiger charge is -2.20. The van der Waals surface area contributed by atoms with E-state index in [1.54, 1.807) is 29.7 Å². The summed E-state index contributed by atoms with van der Waals surface area (Å²) in [5, 5.41) is 0. The fourth-order valence-electron chi connectivity index (χ4n) is 1.99. The molecule has 1 heterocycles. The first-order valence-electron chi connectivity index (χ1n) is 5.93. The van der Waals surface area contributed by atoms with E-state index in [4.69, 9.17) is 0 Å². The summed E-state index contributed by atoms with van der Waals surface area (Å²) in [7, 11) is 0. The Balaban J connectivity index is 2.19. The molecule has 1 aromatic carbocycles. The molecule has 1 atom stereocenters. The summed E-state index contributed by atoms with van der Waals surface area (Å²) in [6, 6.07) is 5.00. The average Bonchev–Trinajstić information content (AvgIpc) is 2.90. The monoisotopic (exact) mass is 289 g/mol. The smallest absolute Gasteiger partial charge is 0.332 e. The van der Waals surface area contributed by atoms with Crippen LogP contribution in [0.25, 0.3) is 0 Å². The van der Waals surface area contributed by atoms with Crippen LogP contribution in [0.2, 0.25) is 0 Å². The zero-order valence-corrected chi connectivity index (χ0v) is 11.2. The maximum absolute atomic E-state index is 12.6. The van der Waals surface area contributed by atoms with E-state index in [1.807, 2.05) is 0 Å². The van der Waals surface area contributed by atoms with Gasteiger partial charge in [-0.2, -0.15) is 13.2 Å². The van der Waals surface area contributed by atoms with Gasteiger partial charge in [-0.3, -0.25) is 4.79 Å². The predicted octanol–water partition coefficient (Wildman–Crippen LogP) is 3.34. The van der Waals surface area contributed by atoms with Gasteiger partial charge in [0.05, 0.1) is 17.4 Å². The SMILES string of the molecule is CC(C(=O)N1CCSC1)c1cccc(C(F)(F)F)c1. The Labute approximate surface area is 114 Å². The number of thioether (sulfide) groups is 1. The summed E-state index contributed by atoms with van der Waals surface area (Å²) in [6.07, 6.45) is -4.37.